The van der Waals surface area contributed by atoms with Gasteiger partial charge in [0.2, 0.25) is 0 Å². The number of nitrogens with zero attached hydrogens (tertiary/aromatic N) is 3. The molecule has 0 aliphatic heterocycles. The summed E-state index contributed by atoms with van der Waals surface area (Å²) in [5.41, 5.74) is 6.70. The highest BCUT2D eigenvalue weighted by Crippen LogP contribution is 2.06. The average molecular weight is 245 g/mol. The smallest absolute Gasteiger partial charge is 0.275 e. The van der Waals surface area contributed by atoms with Crippen LogP contribution in [-0.4, -0.2) is 20.7 Å². The Bertz CT molecular complexity index is 532. The molecule has 2 aromatic rings. The van der Waals surface area contributed by atoms with Gasteiger partial charge in [-0.25, -0.2) is 0 Å². The summed E-state index contributed by atoms with van der Waals surface area (Å²) in [4.78, 5) is 15.9. The molecule has 0 saturated carbocycles. The van der Waals surface area contributed by atoms with Crippen molar-refractivity contribution in [2.75, 3.05) is 5.32 Å². The first-order valence-corrected chi connectivity index (χ1v) is 5.72. The van der Waals surface area contributed by atoms with Gasteiger partial charge in [0, 0.05) is 31.5 Å². The summed E-state index contributed by atoms with van der Waals surface area (Å²) in [5.74, 6) is 0.242. The number of anilines is 1. The quantitative estimate of drug-likeness (QED) is 0.841. The number of aromatic nitrogens is 3. The van der Waals surface area contributed by atoms with E-state index in [2.05, 4.69) is 15.4 Å². The molecule has 2 aromatic heterocycles. The van der Waals surface area contributed by atoms with Crippen LogP contribution >= 0.6 is 0 Å². The van der Waals surface area contributed by atoms with E-state index in [0.717, 1.165) is 12.1 Å². The van der Waals surface area contributed by atoms with E-state index in [1.807, 2.05) is 6.92 Å². The Hall–Kier alpha value is -2.21. The van der Waals surface area contributed by atoms with E-state index in [0.29, 0.717) is 18.1 Å². The van der Waals surface area contributed by atoms with Gasteiger partial charge in [-0.05, 0) is 18.6 Å². The average Bonchev–Trinajstić information content (AvgIpc) is 2.86. The lowest BCUT2D eigenvalue weighted by atomic mass is 10.2. The third-order valence-electron chi connectivity index (χ3n) is 2.50. The summed E-state index contributed by atoms with van der Waals surface area (Å²) in [7, 11) is 0. The minimum Gasteiger partial charge on any atom is -0.326 e. The van der Waals surface area contributed by atoms with Crippen molar-refractivity contribution in [2.45, 2.75) is 20.0 Å². The lowest BCUT2D eigenvalue weighted by Crippen LogP contribution is -2.14. The van der Waals surface area contributed by atoms with Crippen molar-refractivity contribution in [2.24, 2.45) is 5.73 Å². The molecular formula is C12H15N5O. The molecule has 1 amide bonds. The van der Waals surface area contributed by atoms with Gasteiger partial charge in [0.1, 0.15) is 5.69 Å². The van der Waals surface area contributed by atoms with E-state index in [-0.39, 0.29) is 5.91 Å². The second-order valence-electron chi connectivity index (χ2n) is 3.77. The van der Waals surface area contributed by atoms with Crippen LogP contribution in [-0.2, 0) is 13.1 Å². The molecule has 0 bridgehead atoms. The number of hydrogen-bond acceptors (Lipinski definition) is 4. The molecule has 0 spiro atoms. The molecule has 6 heteroatoms. The predicted molar refractivity (Wildman–Crippen MR) is 68.0 cm³/mol. The fourth-order valence-electron chi connectivity index (χ4n) is 1.46. The molecule has 3 N–H and O–H groups in total. The van der Waals surface area contributed by atoms with Crippen molar-refractivity contribution in [3.63, 3.8) is 0 Å². The molecule has 0 fully saturated rings. The molecule has 0 aromatic carbocycles. The normalized spacial score (nSPS) is 10.3. The van der Waals surface area contributed by atoms with Crippen LogP contribution in [0.3, 0.4) is 0 Å². The van der Waals surface area contributed by atoms with E-state index >= 15 is 0 Å². The van der Waals surface area contributed by atoms with Gasteiger partial charge in [-0.15, -0.1) is 0 Å². The first kappa shape index (κ1) is 12.3. The zero-order valence-electron chi connectivity index (χ0n) is 10.1. The largest absolute Gasteiger partial charge is 0.326 e. The van der Waals surface area contributed by atoms with Gasteiger partial charge >= 0.3 is 0 Å². The third kappa shape index (κ3) is 2.72. The first-order valence-electron chi connectivity index (χ1n) is 5.72. The summed E-state index contributed by atoms with van der Waals surface area (Å²) in [6, 6.07) is 5.18. The Morgan fingerprint density at radius 1 is 1.44 bits per heavy atom. The lowest BCUT2D eigenvalue weighted by Gasteiger charge is -2.02. The fraction of sp³-hybridized carbons (Fsp3) is 0.250. The summed E-state index contributed by atoms with van der Waals surface area (Å²) in [6.45, 7) is 3.15. The van der Waals surface area contributed by atoms with Crippen LogP contribution in [0.1, 0.15) is 23.0 Å². The van der Waals surface area contributed by atoms with E-state index < -0.39 is 0 Å². The SMILES string of the molecule is CCn1ccc(NC(=O)c2ccc(CN)cn2)n1. The second-order valence-corrected chi connectivity index (χ2v) is 3.77. The van der Waals surface area contributed by atoms with Gasteiger partial charge in [-0.1, -0.05) is 6.07 Å². The monoisotopic (exact) mass is 245 g/mol. The molecule has 2 rings (SSSR count). The molecule has 18 heavy (non-hydrogen) atoms. The van der Waals surface area contributed by atoms with E-state index in [4.69, 9.17) is 5.73 Å². The molecule has 0 radical (unpaired) electrons. The highest BCUT2D eigenvalue weighted by atomic mass is 16.1. The lowest BCUT2D eigenvalue weighted by molar-refractivity contribution is 0.102. The van der Waals surface area contributed by atoms with Crippen LogP contribution < -0.4 is 11.1 Å². The molecule has 0 unspecified atom stereocenters. The number of aryl methyl sites for hydroxylation is 1. The van der Waals surface area contributed by atoms with Gasteiger partial charge in [0.15, 0.2) is 5.82 Å². The van der Waals surface area contributed by atoms with Gasteiger partial charge < -0.3 is 11.1 Å². The van der Waals surface area contributed by atoms with Crippen molar-refractivity contribution in [1.29, 1.82) is 0 Å². The van der Waals surface area contributed by atoms with Crippen molar-refractivity contribution in [3.8, 4) is 0 Å². The Kier molecular flexibility index (Phi) is 3.69. The van der Waals surface area contributed by atoms with Crippen LogP contribution in [0.2, 0.25) is 0 Å². The molecule has 0 atom stereocenters. The second kappa shape index (κ2) is 5.42. The maximum absolute atomic E-state index is 11.9. The molecular weight excluding hydrogens is 230 g/mol. The number of carbonyl (C=O) groups excluding carboxylic acids is 1. The highest BCUT2D eigenvalue weighted by molar-refractivity contribution is 6.02. The number of hydrogen-bond donors (Lipinski definition) is 2. The topological polar surface area (TPSA) is 85.8 Å². The van der Waals surface area contributed by atoms with Gasteiger partial charge in [-0.3, -0.25) is 14.5 Å². The summed E-state index contributed by atoms with van der Waals surface area (Å²) in [5, 5.41) is 6.85. The number of carbonyl (C=O) groups is 1. The third-order valence-corrected chi connectivity index (χ3v) is 2.50. The summed E-state index contributed by atoms with van der Waals surface area (Å²) in [6.07, 6.45) is 3.40. The Balaban J connectivity index is 2.06. The van der Waals surface area contributed by atoms with Crippen LogP contribution in [0.4, 0.5) is 5.82 Å². The summed E-state index contributed by atoms with van der Waals surface area (Å²) >= 11 is 0. The molecule has 0 aliphatic carbocycles. The van der Waals surface area contributed by atoms with Crippen molar-refractivity contribution in [1.82, 2.24) is 14.8 Å². The van der Waals surface area contributed by atoms with Gasteiger partial charge in [-0.2, -0.15) is 5.10 Å². The van der Waals surface area contributed by atoms with Crippen molar-refractivity contribution in [3.05, 3.63) is 41.9 Å². The molecule has 94 valence electrons. The number of amides is 1. The Morgan fingerprint density at radius 3 is 2.83 bits per heavy atom. The Morgan fingerprint density at radius 2 is 2.28 bits per heavy atom. The molecule has 2 heterocycles. The number of rotatable bonds is 4. The standard InChI is InChI=1S/C12H15N5O/c1-2-17-6-5-11(16-17)15-12(18)10-4-3-9(7-13)8-14-10/h3-6,8H,2,7,13H2,1H3,(H,15,16,18). The molecule has 0 aliphatic rings. The van der Waals surface area contributed by atoms with Crippen LogP contribution in [0.15, 0.2) is 30.6 Å². The van der Waals surface area contributed by atoms with Gasteiger partial charge in [0.25, 0.3) is 5.91 Å². The van der Waals surface area contributed by atoms with Crippen LogP contribution in [0, 0.1) is 0 Å². The van der Waals surface area contributed by atoms with Gasteiger partial charge in [0.05, 0.1) is 0 Å². The predicted octanol–water partition coefficient (Wildman–Crippen LogP) is 1.01. The number of pyridine rings is 1. The minimum absolute atomic E-state index is 0.278. The number of nitrogens with two attached hydrogens (primary N) is 1. The van der Waals surface area contributed by atoms with E-state index in [1.54, 1.807) is 35.3 Å². The minimum atomic E-state index is -0.278. The molecule has 0 saturated heterocycles. The van der Waals surface area contributed by atoms with Crippen LogP contribution in [0.5, 0.6) is 0 Å². The zero-order valence-corrected chi connectivity index (χ0v) is 10.1. The first-order chi connectivity index (χ1) is 8.72. The van der Waals surface area contributed by atoms with Crippen LogP contribution in [0.25, 0.3) is 0 Å². The number of nitrogens with one attached hydrogen (secondary N) is 1. The molecule has 6 nitrogen and oxygen atoms in total. The zero-order chi connectivity index (χ0) is 13.0. The summed E-state index contributed by atoms with van der Waals surface area (Å²) < 4.78 is 1.74. The fourth-order valence-corrected chi connectivity index (χ4v) is 1.46. The highest BCUT2D eigenvalue weighted by Gasteiger charge is 2.08. The van der Waals surface area contributed by atoms with Crippen molar-refractivity contribution < 1.29 is 4.79 Å². The Labute approximate surface area is 105 Å². The maximum Gasteiger partial charge on any atom is 0.275 e. The maximum atomic E-state index is 11.9. The van der Waals surface area contributed by atoms with Crippen molar-refractivity contribution >= 4 is 11.7 Å². The van der Waals surface area contributed by atoms with E-state index in [1.165, 1.54) is 0 Å². The van der Waals surface area contributed by atoms with E-state index in [9.17, 15) is 4.79 Å².